The molecular formula is C18H26N8O5S2. The van der Waals surface area contributed by atoms with Gasteiger partial charge in [0.25, 0.3) is 0 Å². The van der Waals surface area contributed by atoms with Crippen molar-refractivity contribution in [3.8, 4) is 0 Å². The van der Waals surface area contributed by atoms with Gasteiger partial charge in [0.1, 0.15) is 6.79 Å². The van der Waals surface area contributed by atoms with Crippen molar-refractivity contribution < 1.29 is 21.6 Å². The summed E-state index contributed by atoms with van der Waals surface area (Å²) in [6, 6.07) is 13.0. The molecule has 0 aliphatic heterocycles. The fourth-order valence-electron chi connectivity index (χ4n) is 2.03. The standard InChI is InChI=1S/2C7H9NO2S.C3H6N6.CH2O/c1-6-2-4-7(5-3-6)11(8,9)10;1-6-4-2-3-5-7(6)11(8,9)10;4-1-7-2(5)9-3(6)8-1;1-2/h2*2-5H,1H3,(H2,8,9,10);(H6,4,5,6,7,8,9);1H2. The zero-order valence-electron chi connectivity index (χ0n) is 17.9. The number of nitrogen functional groups attached to an aromatic ring is 3. The summed E-state index contributed by atoms with van der Waals surface area (Å²) in [5.41, 5.74) is 17.1. The summed E-state index contributed by atoms with van der Waals surface area (Å²) < 4.78 is 43.1. The molecule has 0 amide bonds. The van der Waals surface area contributed by atoms with Crippen LogP contribution in [-0.4, -0.2) is 38.6 Å². The first-order valence-corrected chi connectivity index (χ1v) is 11.8. The number of benzene rings is 2. The molecule has 3 rings (SSSR count). The molecule has 33 heavy (non-hydrogen) atoms. The van der Waals surface area contributed by atoms with Crippen molar-refractivity contribution in [2.24, 2.45) is 10.3 Å². The van der Waals surface area contributed by atoms with Crippen LogP contribution >= 0.6 is 0 Å². The van der Waals surface area contributed by atoms with Crippen molar-refractivity contribution in [2.45, 2.75) is 23.6 Å². The highest BCUT2D eigenvalue weighted by Gasteiger charge is 2.08. The first-order valence-electron chi connectivity index (χ1n) is 8.69. The van der Waals surface area contributed by atoms with Crippen molar-refractivity contribution in [1.29, 1.82) is 0 Å². The van der Waals surface area contributed by atoms with Crippen LogP contribution < -0.4 is 27.5 Å². The van der Waals surface area contributed by atoms with Gasteiger partial charge >= 0.3 is 0 Å². The third-order valence-electron chi connectivity index (χ3n) is 3.44. The Balaban J connectivity index is 0.000000450. The lowest BCUT2D eigenvalue weighted by Gasteiger charge is -2.00. The zero-order chi connectivity index (χ0) is 25.8. The Morgan fingerprint density at radius 1 is 0.667 bits per heavy atom. The SMILES string of the molecule is C=O.Cc1ccc(S(N)(=O)=O)cc1.Cc1ccccc1S(N)(=O)=O.Nc1nc(N)nc(N)n1. The van der Waals surface area contributed by atoms with E-state index in [4.69, 9.17) is 32.3 Å². The molecule has 0 saturated heterocycles. The quantitative estimate of drug-likeness (QED) is 0.307. The maximum absolute atomic E-state index is 10.8. The Morgan fingerprint density at radius 3 is 1.36 bits per heavy atom. The number of aromatic nitrogens is 3. The summed E-state index contributed by atoms with van der Waals surface area (Å²) >= 11 is 0. The van der Waals surface area contributed by atoms with Crippen molar-refractivity contribution >= 4 is 44.7 Å². The van der Waals surface area contributed by atoms with Crippen LogP contribution in [0.1, 0.15) is 11.1 Å². The molecule has 0 unspecified atom stereocenters. The van der Waals surface area contributed by atoms with Gasteiger partial charge in [0.15, 0.2) is 0 Å². The van der Waals surface area contributed by atoms with Crippen LogP contribution in [0.3, 0.4) is 0 Å². The Kier molecular flexibility index (Phi) is 11.6. The summed E-state index contributed by atoms with van der Waals surface area (Å²) in [5, 5.41) is 9.81. The largest absolute Gasteiger partial charge is 0.368 e. The third-order valence-corrected chi connectivity index (χ3v) is 5.44. The molecule has 0 spiro atoms. The Morgan fingerprint density at radius 2 is 1.06 bits per heavy atom. The average Bonchev–Trinajstić information content (AvgIpc) is 2.68. The molecule has 3 aromatic rings. The molecule has 13 nitrogen and oxygen atoms in total. The molecule has 0 aliphatic rings. The van der Waals surface area contributed by atoms with Gasteiger partial charge in [-0.2, -0.15) is 15.0 Å². The Labute approximate surface area is 192 Å². The molecule has 10 N–H and O–H groups in total. The zero-order valence-corrected chi connectivity index (χ0v) is 19.5. The topological polar surface area (TPSA) is 254 Å². The van der Waals surface area contributed by atoms with Gasteiger partial charge in [-0.25, -0.2) is 27.1 Å². The highest BCUT2D eigenvalue weighted by atomic mass is 32.2. The van der Waals surface area contributed by atoms with E-state index >= 15 is 0 Å². The number of sulfonamides is 2. The summed E-state index contributed by atoms with van der Waals surface area (Å²) in [5.74, 6) is 0.125. The minimum absolute atomic E-state index is 0.0417. The summed E-state index contributed by atoms with van der Waals surface area (Å²) in [6.07, 6.45) is 0. The van der Waals surface area contributed by atoms with Gasteiger partial charge in [-0.3, -0.25) is 0 Å². The van der Waals surface area contributed by atoms with E-state index in [0.29, 0.717) is 5.56 Å². The van der Waals surface area contributed by atoms with Crippen LogP contribution in [0.15, 0.2) is 58.3 Å². The second-order valence-corrected chi connectivity index (χ2v) is 9.17. The van der Waals surface area contributed by atoms with Gasteiger partial charge in [0.05, 0.1) is 9.79 Å². The molecule has 0 atom stereocenters. The molecule has 0 radical (unpaired) electrons. The van der Waals surface area contributed by atoms with Gasteiger partial charge in [-0.15, -0.1) is 0 Å². The number of hydrogen-bond donors (Lipinski definition) is 5. The first-order chi connectivity index (χ1) is 15.2. The second kappa shape index (κ2) is 13.0. The third kappa shape index (κ3) is 11.5. The van der Waals surface area contributed by atoms with E-state index in [0.717, 1.165) is 5.56 Å². The van der Waals surface area contributed by atoms with Gasteiger partial charge in [-0.05, 0) is 37.6 Å². The van der Waals surface area contributed by atoms with Crippen molar-refractivity contribution in [1.82, 2.24) is 15.0 Å². The molecule has 0 aliphatic carbocycles. The number of carbonyl (C=O) groups excluding carboxylic acids is 1. The maximum Gasteiger partial charge on any atom is 0.238 e. The summed E-state index contributed by atoms with van der Waals surface area (Å²) in [4.78, 5) is 18.8. The maximum atomic E-state index is 10.8. The van der Waals surface area contributed by atoms with E-state index in [-0.39, 0.29) is 27.6 Å². The average molecular weight is 499 g/mol. The number of nitrogens with zero attached hydrogens (tertiary/aromatic N) is 3. The lowest BCUT2D eigenvalue weighted by molar-refractivity contribution is -0.0980. The predicted octanol–water partition coefficient (Wildman–Crippen LogP) is -0.282. The summed E-state index contributed by atoms with van der Waals surface area (Å²) in [7, 11) is -7.05. The van der Waals surface area contributed by atoms with Crippen LogP contribution in [0.4, 0.5) is 17.8 Å². The molecule has 0 fully saturated rings. The molecule has 1 aromatic heterocycles. The fourth-order valence-corrected chi connectivity index (χ4v) is 3.33. The Hall–Kier alpha value is -3.66. The number of nitrogens with two attached hydrogens (primary N) is 5. The lowest BCUT2D eigenvalue weighted by Crippen LogP contribution is -2.13. The smallest absolute Gasteiger partial charge is 0.238 e. The monoisotopic (exact) mass is 498 g/mol. The number of aryl methyl sites for hydroxylation is 2. The predicted molar refractivity (Wildman–Crippen MR) is 125 cm³/mol. The summed E-state index contributed by atoms with van der Waals surface area (Å²) in [6.45, 7) is 5.59. The van der Waals surface area contributed by atoms with Crippen molar-refractivity contribution in [2.75, 3.05) is 17.2 Å². The van der Waals surface area contributed by atoms with Crippen LogP contribution in [0.2, 0.25) is 0 Å². The van der Waals surface area contributed by atoms with Crippen molar-refractivity contribution in [3.05, 3.63) is 59.7 Å². The minimum atomic E-state index is -3.53. The van der Waals surface area contributed by atoms with E-state index in [1.165, 1.54) is 18.2 Å². The lowest BCUT2D eigenvalue weighted by atomic mass is 10.2. The highest BCUT2D eigenvalue weighted by molar-refractivity contribution is 7.89. The molecule has 0 bridgehead atoms. The van der Waals surface area contributed by atoms with Gasteiger partial charge in [0, 0.05) is 0 Å². The molecule has 0 saturated carbocycles. The van der Waals surface area contributed by atoms with Gasteiger partial charge in [-0.1, -0.05) is 35.9 Å². The molecule has 15 heteroatoms. The minimum Gasteiger partial charge on any atom is -0.368 e. The van der Waals surface area contributed by atoms with Crippen LogP contribution in [-0.2, 0) is 24.8 Å². The van der Waals surface area contributed by atoms with E-state index < -0.39 is 20.0 Å². The number of carbonyl (C=O) groups is 1. The number of anilines is 3. The number of hydrogen-bond acceptors (Lipinski definition) is 11. The van der Waals surface area contributed by atoms with Crippen LogP contribution in [0.5, 0.6) is 0 Å². The van der Waals surface area contributed by atoms with Gasteiger partial charge in [0.2, 0.25) is 37.9 Å². The second-order valence-electron chi connectivity index (χ2n) is 6.08. The van der Waals surface area contributed by atoms with E-state index in [1.807, 2.05) is 13.7 Å². The Bertz CT molecular complexity index is 1200. The van der Waals surface area contributed by atoms with E-state index in [1.54, 1.807) is 37.3 Å². The highest BCUT2D eigenvalue weighted by Crippen LogP contribution is 2.11. The molecule has 1 heterocycles. The molecule has 2 aromatic carbocycles. The fraction of sp³-hybridized carbons (Fsp3) is 0.111. The normalized spacial score (nSPS) is 10.3. The molecule has 180 valence electrons. The van der Waals surface area contributed by atoms with E-state index in [9.17, 15) is 16.8 Å². The van der Waals surface area contributed by atoms with Crippen molar-refractivity contribution in [3.63, 3.8) is 0 Å². The van der Waals surface area contributed by atoms with Crippen LogP contribution in [0.25, 0.3) is 0 Å². The van der Waals surface area contributed by atoms with Gasteiger partial charge < -0.3 is 22.0 Å². The van der Waals surface area contributed by atoms with Crippen LogP contribution in [0, 0.1) is 13.8 Å². The molecular weight excluding hydrogens is 472 g/mol. The van der Waals surface area contributed by atoms with E-state index in [2.05, 4.69) is 15.0 Å². The number of rotatable bonds is 2. The first kappa shape index (κ1) is 29.3. The number of primary sulfonamides is 2.